The predicted octanol–water partition coefficient (Wildman–Crippen LogP) is 4.12. The number of hydrogen-bond acceptors (Lipinski definition) is 4. The molecule has 0 radical (unpaired) electrons. The van der Waals surface area contributed by atoms with Crippen molar-refractivity contribution in [3.63, 3.8) is 0 Å². The van der Waals surface area contributed by atoms with E-state index in [4.69, 9.17) is 9.47 Å². The molecule has 0 atom stereocenters. The number of aromatic nitrogens is 2. The van der Waals surface area contributed by atoms with Crippen LogP contribution in [0.3, 0.4) is 0 Å². The van der Waals surface area contributed by atoms with Gasteiger partial charge in [0.1, 0.15) is 12.4 Å². The van der Waals surface area contributed by atoms with E-state index in [9.17, 15) is 14.0 Å². The number of fused-ring (bicyclic) bond motifs is 2. The Morgan fingerprint density at radius 1 is 1.06 bits per heavy atom. The Bertz CT molecular complexity index is 1390. The van der Waals surface area contributed by atoms with Crippen LogP contribution in [0.4, 0.5) is 10.1 Å². The third kappa shape index (κ3) is 3.76. The monoisotopic (exact) mass is 445 g/mol. The van der Waals surface area contributed by atoms with Crippen molar-refractivity contribution in [2.24, 2.45) is 0 Å². The van der Waals surface area contributed by atoms with E-state index in [0.29, 0.717) is 34.9 Å². The van der Waals surface area contributed by atoms with E-state index in [1.165, 1.54) is 33.6 Å². The number of carbonyl (C=O) groups excluding carboxylic acids is 1. The second-order valence-corrected chi connectivity index (χ2v) is 7.58. The molecule has 0 spiro atoms. The van der Waals surface area contributed by atoms with Crippen LogP contribution < -0.4 is 20.3 Å². The first-order chi connectivity index (χ1) is 16.0. The Morgan fingerprint density at radius 3 is 2.55 bits per heavy atom. The topological polar surface area (TPSA) is 74.5 Å². The molecule has 1 amide bonds. The van der Waals surface area contributed by atoms with Crippen molar-refractivity contribution in [2.45, 2.75) is 13.0 Å². The largest absolute Gasteiger partial charge is 0.493 e. The summed E-state index contributed by atoms with van der Waals surface area (Å²) in [6.07, 6.45) is 0.347. The molecule has 0 fully saturated rings. The number of anilines is 1. The number of hydrogen-bond donors (Lipinski definition) is 1. The van der Waals surface area contributed by atoms with Crippen molar-refractivity contribution in [1.82, 2.24) is 9.36 Å². The Hall–Kier alpha value is -4.33. The van der Waals surface area contributed by atoms with Crippen molar-refractivity contribution >= 4 is 11.6 Å². The summed E-state index contributed by atoms with van der Waals surface area (Å²) in [7, 11) is 1.55. The molecule has 8 heteroatoms. The molecular formula is C25H20FN3O4. The molecule has 0 aliphatic carbocycles. The first kappa shape index (κ1) is 20.6. The number of rotatable bonds is 5. The van der Waals surface area contributed by atoms with Crippen molar-refractivity contribution in [3.8, 4) is 23.1 Å². The molecule has 0 unspecified atom stereocenters. The molecule has 1 aliphatic heterocycles. The van der Waals surface area contributed by atoms with E-state index < -0.39 is 11.7 Å². The lowest BCUT2D eigenvalue weighted by molar-refractivity contribution is -0.117. The van der Waals surface area contributed by atoms with Gasteiger partial charge < -0.3 is 14.8 Å². The molecular weight excluding hydrogens is 425 g/mol. The molecule has 3 aromatic carbocycles. The van der Waals surface area contributed by atoms with Crippen LogP contribution in [-0.2, 0) is 17.8 Å². The van der Waals surface area contributed by atoms with E-state index in [2.05, 4.69) is 5.32 Å². The average molecular weight is 445 g/mol. The number of amides is 1. The number of nitrogens with zero attached hydrogens (tertiary/aromatic N) is 2. The standard InChI is InChI=1S/C25H20FN3O4/c1-32-21-9-5-6-16-14-20-24(31)29(19-7-3-2-4-8-19)28(25(20)33-23(16)21)15-22(30)27-18-12-10-17(26)11-13-18/h2-13H,14-15H2,1H3,(H,27,30). The molecule has 4 aromatic rings. The van der Waals surface area contributed by atoms with Gasteiger partial charge in [-0.05, 0) is 42.5 Å². The van der Waals surface area contributed by atoms with E-state index in [-0.39, 0.29) is 18.0 Å². The summed E-state index contributed by atoms with van der Waals surface area (Å²) in [5.74, 6) is 0.561. The van der Waals surface area contributed by atoms with Gasteiger partial charge in [0.2, 0.25) is 11.8 Å². The summed E-state index contributed by atoms with van der Waals surface area (Å²) in [6.45, 7) is -0.193. The lowest BCUT2D eigenvalue weighted by atomic mass is 10.0. The number of halogens is 1. The molecule has 1 aromatic heterocycles. The lowest BCUT2D eigenvalue weighted by Gasteiger charge is -2.21. The maximum atomic E-state index is 13.4. The molecule has 2 heterocycles. The van der Waals surface area contributed by atoms with Gasteiger partial charge in [-0.2, -0.15) is 0 Å². The van der Waals surface area contributed by atoms with E-state index in [0.717, 1.165) is 5.56 Å². The van der Waals surface area contributed by atoms with Crippen molar-refractivity contribution in [2.75, 3.05) is 12.4 Å². The molecule has 0 bridgehead atoms. The highest BCUT2D eigenvalue weighted by molar-refractivity contribution is 5.90. The molecule has 7 nitrogen and oxygen atoms in total. The van der Waals surface area contributed by atoms with Gasteiger partial charge in [0.15, 0.2) is 11.5 Å². The normalized spacial score (nSPS) is 11.8. The quantitative estimate of drug-likeness (QED) is 0.442. The summed E-state index contributed by atoms with van der Waals surface area (Å²) in [5, 5.41) is 2.73. The molecule has 1 aliphatic rings. The van der Waals surface area contributed by atoms with E-state index in [1.54, 1.807) is 25.3 Å². The van der Waals surface area contributed by atoms with Gasteiger partial charge in [0.05, 0.1) is 18.4 Å². The highest BCUT2D eigenvalue weighted by atomic mass is 19.1. The van der Waals surface area contributed by atoms with Crippen molar-refractivity contribution in [1.29, 1.82) is 0 Å². The lowest BCUT2D eigenvalue weighted by Crippen LogP contribution is -2.27. The number of benzene rings is 3. The Morgan fingerprint density at radius 2 is 1.82 bits per heavy atom. The Labute approximate surface area is 188 Å². The summed E-state index contributed by atoms with van der Waals surface area (Å²) < 4.78 is 27.8. The third-order valence-corrected chi connectivity index (χ3v) is 5.45. The van der Waals surface area contributed by atoms with Gasteiger partial charge in [-0.1, -0.05) is 30.3 Å². The van der Waals surface area contributed by atoms with Gasteiger partial charge in [-0.25, -0.2) is 13.8 Å². The number of methoxy groups -OCH3 is 1. The Balaban J connectivity index is 1.58. The summed E-state index contributed by atoms with van der Waals surface area (Å²) >= 11 is 0. The fourth-order valence-electron chi connectivity index (χ4n) is 3.94. The molecule has 33 heavy (non-hydrogen) atoms. The van der Waals surface area contributed by atoms with Gasteiger partial charge in [0, 0.05) is 17.7 Å². The minimum Gasteiger partial charge on any atom is -0.493 e. The first-order valence-corrected chi connectivity index (χ1v) is 10.3. The number of ether oxygens (including phenoxy) is 2. The van der Waals surface area contributed by atoms with Gasteiger partial charge in [-0.3, -0.25) is 9.59 Å². The molecule has 166 valence electrons. The highest BCUT2D eigenvalue weighted by Crippen LogP contribution is 2.41. The van der Waals surface area contributed by atoms with Gasteiger partial charge in [0.25, 0.3) is 5.56 Å². The van der Waals surface area contributed by atoms with Crippen LogP contribution in [-0.4, -0.2) is 22.4 Å². The zero-order valence-electron chi connectivity index (χ0n) is 17.7. The predicted molar refractivity (Wildman–Crippen MR) is 121 cm³/mol. The van der Waals surface area contributed by atoms with Gasteiger partial charge in [-0.15, -0.1) is 0 Å². The van der Waals surface area contributed by atoms with Crippen LogP contribution in [0.15, 0.2) is 77.6 Å². The summed E-state index contributed by atoms with van der Waals surface area (Å²) in [5.41, 5.74) is 2.07. The van der Waals surface area contributed by atoms with E-state index in [1.807, 2.05) is 30.3 Å². The maximum absolute atomic E-state index is 13.4. The first-order valence-electron chi connectivity index (χ1n) is 10.3. The minimum atomic E-state index is -0.397. The van der Waals surface area contributed by atoms with Crippen LogP contribution in [0.5, 0.6) is 17.4 Å². The zero-order valence-corrected chi connectivity index (χ0v) is 17.7. The summed E-state index contributed by atoms with van der Waals surface area (Å²) in [4.78, 5) is 26.3. The van der Waals surface area contributed by atoms with Crippen molar-refractivity contribution < 1.29 is 18.7 Å². The number of para-hydroxylation sites is 2. The highest BCUT2D eigenvalue weighted by Gasteiger charge is 2.30. The zero-order chi connectivity index (χ0) is 22.9. The average Bonchev–Trinajstić information content (AvgIpc) is 3.09. The van der Waals surface area contributed by atoms with Crippen molar-refractivity contribution in [3.05, 3.63) is 100 Å². The Kier molecular flexibility index (Phi) is 5.18. The fraction of sp³-hybridized carbons (Fsp3) is 0.120. The maximum Gasteiger partial charge on any atom is 0.278 e. The van der Waals surface area contributed by atoms with Crippen LogP contribution in [0.25, 0.3) is 5.69 Å². The fourth-order valence-corrected chi connectivity index (χ4v) is 3.94. The number of carbonyl (C=O) groups is 1. The van der Waals surface area contributed by atoms with Crippen LogP contribution in [0.1, 0.15) is 11.1 Å². The summed E-state index contributed by atoms with van der Waals surface area (Å²) in [6, 6.07) is 20.0. The minimum absolute atomic E-state index is 0.193. The molecule has 5 rings (SSSR count). The van der Waals surface area contributed by atoms with E-state index >= 15 is 0 Å². The van der Waals surface area contributed by atoms with Crippen LogP contribution in [0.2, 0.25) is 0 Å². The van der Waals surface area contributed by atoms with Crippen LogP contribution >= 0.6 is 0 Å². The smallest absolute Gasteiger partial charge is 0.278 e. The molecule has 0 saturated carbocycles. The van der Waals surface area contributed by atoms with Crippen LogP contribution in [0, 0.1) is 5.82 Å². The molecule has 0 saturated heterocycles. The SMILES string of the molecule is COc1cccc2c1Oc1c(c(=O)n(-c3ccccc3)n1CC(=O)Nc1ccc(F)cc1)C2. The third-order valence-electron chi connectivity index (χ3n) is 5.45. The van der Waals surface area contributed by atoms with Gasteiger partial charge >= 0.3 is 0 Å². The second-order valence-electron chi connectivity index (χ2n) is 7.58. The number of nitrogens with one attached hydrogen (secondary N) is 1. The molecule has 1 N–H and O–H groups in total. The second kappa shape index (κ2) is 8.31.